The monoisotopic (exact) mass is 250 g/mol. The van der Waals surface area contributed by atoms with Crippen LogP contribution in [0, 0.1) is 6.92 Å². The lowest BCUT2D eigenvalue weighted by molar-refractivity contribution is 1.09. The fourth-order valence-electron chi connectivity index (χ4n) is 1.93. The maximum Gasteiger partial charge on any atom is 0.164 e. The van der Waals surface area contributed by atoms with Crippen molar-refractivity contribution in [1.82, 2.24) is 15.0 Å². The van der Waals surface area contributed by atoms with Crippen LogP contribution in [0.1, 0.15) is 11.1 Å². The van der Waals surface area contributed by atoms with Gasteiger partial charge in [-0.25, -0.2) is 15.0 Å². The number of fused-ring (bicyclic) bond motifs is 1. The molecule has 0 amide bonds. The Hall–Kier alpha value is -2.49. The van der Waals surface area contributed by atoms with Gasteiger partial charge in [0.1, 0.15) is 12.1 Å². The summed E-state index contributed by atoms with van der Waals surface area (Å²) in [5, 5.41) is 4.27. The molecular formula is C15H14N4. The topological polar surface area (TPSA) is 50.7 Å². The molecule has 0 aliphatic carbocycles. The first-order valence-corrected chi connectivity index (χ1v) is 6.18. The number of pyridine rings is 1. The van der Waals surface area contributed by atoms with Crippen LogP contribution in [-0.4, -0.2) is 15.0 Å². The average Bonchev–Trinajstić information content (AvgIpc) is 2.47. The van der Waals surface area contributed by atoms with Gasteiger partial charge in [-0.2, -0.15) is 0 Å². The maximum atomic E-state index is 4.28. The average molecular weight is 250 g/mol. The molecule has 3 aromatic rings. The van der Waals surface area contributed by atoms with Crippen molar-refractivity contribution in [3.63, 3.8) is 0 Å². The molecule has 0 aliphatic heterocycles. The fraction of sp³-hybridized carbons (Fsp3) is 0.133. The molecule has 0 fully saturated rings. The van der Waals surface area contributed by atoms with E-state index in [0.717, 1.165) is 17.7 Å². The number of nitrogens with zero attached hydrogens (tertiary/aromatic N) is 3. The molecule has 4 nitrogen and oxygen atoms in total. The Morgan fingerprint density at radius 3 is 2.68 bits per heavy atom. The van der Waals surface area contributed by atoms with Gasteiger partial charge in [0.2, 0.25) is 0 Å². The summed E-state index contributed by atoms with van der Waals surface area (Å²) in [6, 6.07) is 12.3. The smallest absolute Gasteiger partial charge is 0.164 e. The molecule has 0 spiro atoms. The molecular weight excluding hydrogens is 236 g/mol. The predicted octanol–water partition coefficient (Wildman–Crippen LogP) is 2.95. The molecule has 94 valence electrons. The maximum absolute atomic E-state index is 4.28. The van der Waals surface area contributed by atoms with Gasteiger partial charge in [-0.1, -0.05) is 29.8 Å². The molecule has 0 saturated heterocycles. The van der Waals surface area contributed by atoms with Gasteiger partial charge in [-0.15, -0.1) is 0 Å². The standard InChI is InChI=1S/C15H14N4/c1-11-4-6-12(7-5-11)9-17-15-13-3-2-8-16-14(13)18-10-19-15/h2-8,10H,9H2,1H3,(H,16,17,18,19). The molecule has 2 heterocycles. The van der Waals surface area contributed by atoms with Crippen LogP contribution in [0.15, 0.2) is 48.9 Å². The van der Waals surface area contributed by atoms with Crippen molar-refractivity contribution < 1.29 is 0 Å². The number of nitrogens with one attached hydrogen (secondary N) is 1. The van der Waals surface area contributed by atoms with Crippen LogP contribution >= 0.6 is 0 Å². The van der Waals surface area contributed by atoms with Crippen molar-refractivity contribution in [1.29, 1.82) is 0 Å². The summed E-state index contributed by atoms with van der Waals surface area (Å²) in [7, 11) is 0. The van der Waals surface area contributed by atoms with Crippen LogP contribution in [0.5, 0.6) is 0 Å². The van der Waals surface area contributed by atoms with Gasteiger partial charge in [0, 0.05) is 12.7 Å². The summed E-state index contributed by atoms with van der Waals surface area (Å²) < 4.78 is 0. The zero-order valence-corrected chi connectivity index (χ0v) is 10.7. The van der Waals surface area contributed by atoms with Crippen LogP contribution in [0.4, 0.5) is 5.82 Å². The van der Waals surface area contributed by atoms with Crippen LogP contribution in [0.25, 0.3) is 11.0 Å². The number of anilines is 1. The SMILES string of the molecule is Cc1ccc(CNc2ncnc3ncccc23)cc1. The first-order valence-electron chi connectivity index (χ1n) is 6.18. The number of hydrogen-bond donors (Lipinski definition) is 1. The minimum atomic E-state index is 0.712. The van der Waals surface area contributed by atoms with E-state index in [1.165, 1.54) is 17.5 Å². The number of hydrogen-bond acceptors (Lipinski definition) is 4. The molecule has 0 unspecified atom stereocenters. The molecule has 4 heteroatoms. The predicted molar refractivity (Wildman–Crippen MR) is 75.8 cm³/mol. The molecule has 0 bridgehead atoms. The molecule has 19 heavy (non-hydrogen) atoms. The highest BCUT2D eigenvalue weighted by Gasteiger charge is 2.03. The number of benzene rings is 1. The molecule has 0 radical (unpaired) electrons. The lowest BCUT2D eigenvalue weighted by Gasteiger charge is -2.08. The van der Waals surface area contributed by atoms with Gasteiger partial charge in [-0.3, -0.25) is 0 Å². The Kier molecular flexibility index (Phi) is 3.06. The van der Waals surface area contributed by atoms with Crippen LogP contribution in [-0.2, 0) is 6.54 Å². The Morgan fingerprint density at radius 1 is 1.00 bits per heavy atom. The Bertz CT molecular complexity index is 687. The minimum absolute atomic E-state index is 0.712. The number of aromatic nitrogens is 3. The summed E-state index contributed by atoms with van der Waals surface area (Å²) in [5.74, 6) is 0.818. The third-order valence-electron chi connectivity index (χ3n) is 2.99. The van der Waals surface area contributed by atoms with Gasteiger partial charge in [0.15, 0.2) is 5.65 Å². The Labute approximate surface area is 111 Å². The molecule has 2 aromatic heterocycles. The van der Waals surface area contributed by atoms with Gasteiger partial charge in [0.05, 0.1) is 5.39 Å². The van der Waals surface area contributed by atoms with E-state index in [4.69, 9.17) is 0 Å². The summed E-state index contributed by atoms with van der Waals surface area (Å²) in [6.45, 7) is 2.82. The van der Waals surface area contributed by atoms with Crippen molar-refractivity contribution >= 4 is 16.9 Å². The van der Waals surface area contributed by atoms with E-state index in [2.05, 4.69) is 51.5 Å². The summed E-state index contributed by atoms with van der Waals surface area (Å²) in [4.78, 5) is 12.6. The quantitative estimate of drug-likeness (QED) is 0.776. The second kappa shape index (κ2) is 5.02. The minimum Gasteiger partial charge on any atom is -0.365 e. The molecule has 1 aromatic carbocycles. The Balaban J connectivity index is 1.84. The van der Waals surface area contributed by atoms with E-state index in [1.54, 1.807) is 6.20 Å². The van der Waals surface area contributed by atoms with Gasteiger partial charge in [-0.05, 0) is 24.6 Å². The van der Waals surface area contributed by atoms with Crippen molar-refractivity contribution in [2.75, 3.05) is 5.32 Å². The molecule has 0 atom stereocenters. The van der Waals surface area contributed by atoms with E-state index in [-0.39, 0.29) is 0 Å². The summed E-state index contributed by atoms with van der Waals surface area (Å²) in [5.41, 5.74) is 3.20. The van der Waals surface area contributed by atoms with Gasteiger partial charge < -0.3 is 5.32 Å². The van der Waals surface area contributed by atoms with E-state index in [0.29, 0.717) is 5.65 Å². The number of aryl methyl sites for hydroxylation is 1. The van der Waals surface area contributed by atoms with E-state index >= 15 is 0 Å². The molecule has 0 aliphatic rings. The highest BCUT2D eigenvalue weighted by atomic mass is 15.0. The zero-order valence-electron chi connectivity index (χ0n) is 10.7. The number of rotatable bonds is 3. The molecule has 0 saturated carbocycles. The van der Waals surface area contributed by atoms with Gasteiger partial charge in [0.25, 0.3) is 0 Å². The Morgan fingerprint density at radius 2 is 1.84 bits per heavy atom. The first-order chi connectivity index (χ1) is 9.33. The zero-order chi connectivity index (χ0) is 13.1. The third kappa shape index (κ3) is 2.52. The first kappa shape index (κ1) is 11.6. The fourth-order valence-corrected chi connectivity index (χ4v) is 1.93. The lowest BCUT2D eigenvalue weighted by atomic mass is 10.1. The molecule has 3 rings (SSSR count). The highest BCUT2D eigenvalue weighted by molar-refractivity contribution is 5.85. The van der Waals surface area contributed by atoms with Crippen molar-refractivity contribution in [2.24, 2.45) is 0 Å². The summed E-state index contributed by atoms with van der Waals surface area (Å²) in [6.07, 6.45) is 3.27. The van der Waals surface area contributed by atoms with Crippen molar-refractivity contribution in [3.05, 3.63) is 60.0 Å². The lowest BCUT2D eigenvalue weighted by Crippen LogP contribution is -2.02. The van der Waals surface area contributed by atoms with Crippen LogP contribution < -0.4 is 5.32 Å². The second-order valence-electron chi connectivity index (χ2n) is 4.44. The molecule has 1 N–H and O–H groups in total. The van der Waals surface area contributed by atoms with Crippen LogP contribution in [0.3, 0.4) is 0 Å². The van der Waals surface area contributed by atoms with E-state index in [9.17, 15) is 0 Å². The van der Waals surface area contributed by atoms with Gasteiger partial charge >= 0.3 is 0 Å². The second-order valence-corrected chi connectivity index (χ2v) is 4.44. The highest BCUT2D eigenvalue weighted by Crippen LogP contribution is 2.17. The van der Waals surface area contributed by atoms with Crippen molar-refractivity contribution in [3.8, 4) is 0 Å². The van der Waals surface area contributed by atoms with E-state index < -0.39 is 0 Å². The largest absolute Gasteiger partial charge is 0.365 e. The van der Waals surface area contributed by atoms with Crippen LogP contribution in [0.2, 0.25) is 0 Å². The van der Waals surface area contributed by atoms with Crippen molar-refractivity contribution in [2.45, 2.75) is 13.5 Å². The summed E-state index contributed by atoms with van der Waals surface area (Å²) >= 11 is 0. The third-order valence-corrected chi connectivity index (χ3v) is 2.99. The normalized spacial score (nSPS) is 10.6. The van der Waals surface area contributed by atoms with E-state index in [1.807, 2.05) is 12.1 Å².